The van der Waals surface area contributed by atoms with Crippen molar-refractivity contribution >= 4 is 0 Å². The molecule has 0 saturated carbocycles. The largest absolute Gasteiger partial charge is 0.319 e. The second-order valence-corrected chi connectivity index (χ2v) is 5.47. The van der Waals surface area contributed by atoms with Gasteiger partial charge in [0.25, 0.3) is 0 Å². The van der Waals surface area contributed by atoms with Crippen molar-refractivity contribution in [3.63, 3.8) is 0 Å². The fraction of sp³-hybridized carbons (Fsp3) is 0.333. The molecule has 0 saturated heterocycles. The fourth-order valence-electron chi connectivity index (χ4n) is 2.72. The lowest BCUT2D eigenvalue weighted by molar-refractivity contribution is 0.307. The first kappa shape index (κ1) is 15.5. The van der Waals surface area contributed by atoms with E-state index in [2.05, 4.69) is 68.7 Å². The van der Waals surface area contributed by atoms with E-state index < -0.39 is 0 Å². The quantitative estimate of drug-likeness (QED) is 0.716. The van der Waals surface area contributed by atoms with Crippen molar-refractivity contribution < 1.29 is 0 Å². The lowest BCUT2D eigenvalue weighted by atomic mass is 9.70. The van der Waals surface area contributed by atoms with Crippen LogP contribution in [0.1, 0.15) is 25.3 Å². The van der Waals surface area contributed by atoms with E-state index in [0.29, 0.717) is 5.92 Å². The van der Waals surface area contributed by atoms with E-state index in [-0.39, 0.29) is 5.41 Å². The molecule has 0 amide bonds. The molecule has 1 aromatic rings. The highest BCUT2D eigenvalue weighted by Crippen LogP contribution is 2.41. The molecule has 1 rings (SSSR count). The smallest absolute Gasteiger partial charge is 0.0152 e. The van der Waals surface area contributed by atoms with Gasteiger partial charge in [-0.1, -0.05) is 75.6 Å². The molecule has 0 fully saturated rings. The molecule has 1 aromatic carbocycles. The molecule has 0 radical (unpaired) electrons. The molecule has 0 heterocycles. The molecule has 1 nitrogen and oxygen atoms in total. The Hall–Kier alpha value is -1.60. The highest BCUT2D eigenvalue weighted by atomic mass is 14.8. The van der Waals surface area contributed by atoms with Gasteiger partial charge in [-0.25, -0.2) is 0 Å². The van der Waals surface area contributed by atoms with Crippen LogP contribution in [-0.2, 0) is 0 Å². The highest BCUT2D eigenvalue weighted by molar-refractivity contribution is 5.38. The molecule has 102 valence electrons. The minimum atomic E-state index is 0.0964. The molecular weight excluding hydrogens is 230 g/mol. The summed E-state index contributed by atoms with van der Waals surface area (Å²) < 4.78 is 0. The normalized spacial score (nSPS) is 13.9. The zero-order valence-corrected chi connectivity index (χ0v) is 12.3. The Bertz CT molecular complexity index is 440. The van der Waals surface area contributed by atoms with Crippen LogP contribution in [0.4, 0.5) is 0 Å². The maximum atomic E-state index is 3.96. The van der Waals surface area contributed by atoms with E-state index in [0.717, 1.165) is 6.54 Å². The Kier molecular flexibility index (Phi) is 5.78. The number of hydrogen-bond acceptors (Lipinski definition) is 1. The summed E-state index contributed by atoms with van der Waals surface area (Å²) >= 11 is 0. The van der Waals surface area contributed by atoms with Gasteiger partial charge in [0.1, 0.15) is 0 Å². The van der Waals surface area contributed by atoms with Gasteiger partial charge in [0, 0.05) is 12.5 Å². The topological polar surface area (TPSA) is 12.0 Å². The molecule has 19 heavy (non-hydrogen) atoms. The van der Waals surface area contributed by atoms with Crippen molar-refractivity contribution in [3.8, 4) is 0 Å². The Morgan fingerprint density at radius 3 is 2.37 bits per heavy atom. The first-order valence-corrected chi connectivity index (χ1v) is 6.71. The average Bonchev–Trinajstić information content (AvgIpc) is 2.39. The number of benzene rings is 1. The molecule has 0 aromatic heterocycles. The number of hydrogen-bond donors (Lipinski definition) is 1. The molecule has 1 N–H and O–H groups in total. The van der Waals surface area contributed by atoms with Crippen LogP contribution >= 0.6 is 0 Å². The molecule has 0 aliphatic carbocycles. The predicted octanol–water partition coefficient (Wildman–Crippen LogP) is 4.31. The van der Waals surface area contributed by atoms with Crippen molar-refractivity contribution in [1.29, 1.82) is 0 Å². The van der Waals surface area contributed by atoms with Gasteiger partial charge in [-0.3, -0.25) is 0 Å². The highest BCUT2D eigenvalue weighted by Gasteiger charge is 2.31. The lowest BCUT2D eigenvalue weighted by Crippen LogP contribution is -2.33. The van der Waals surface area contributed by atoms with Gasteiger partial charge in [-0.05, 0) is 23.6 Å². The fourth-order valence-corrected chi connectivity index (χ4v) is 2.72. The summed E-state index contributed by atoms with van der Waals surface area (Å²) in [5, 5.41) is 3.29. The SMILES string of the molecule is C=C/C=C(\C=C)C(c1ccccc1)C(C)(C)CNC. The first-order chi connectivity index (χ1) is 9.06. The van der Waals surface area contributed by atoms with Gasteiger partial charge in [0.15, 0.2) is 0 Å². The first-order valence-electron chi connectivity index (χ1n) is 6.71. The summed E-state index contributed by atoms with van der Waals surface area (Å²) in [4.78, 5) is 0. The Labute approximate surface area is 117 Å². The van der Waals surface area contributed by atoms with Gasteiger partial charge in [0.05, 0.1) is 0 Å². The van der Waals surface area contributed by atoms with Crippen molar-refractivity contribution in [2.45, 2.75) is 19.8 Å². The van der Waals surface area contributed by atoms with Crippen molar-refractivity contribution in [3.05, 3.63) is 72.9 Å². The zero-order valence-electron chi connectivity index (χ0n) is 12.3. The van der Waals surface area contributed by atoms with E-state index >= 15 is 0 Å². The van der Waals surface area contributed by atoms with Crippen molar-refractivity contribution in [2.75, 3.05) is 13.6 Å². The lowest BCUT2D eigenvalue weighted by Gasteiger charge is -2.36. The van der Waals surface area contributed by atoms with Gasteiger partial charge < -0.3 is 5.32 Å². The number of nitrogens with one attached hydrogen (secondary N) is 1. The van der Waals surface area contributed by atoms with Crippen LogP contribution < -0.4 is 5.32 Å². The third kappa shape index (κ3) is 3.93. The van der Waals surface area contributed by atoms with Gasteiger partial charge >= 0.3 is 0 Å². The molecular formula is C18H25N. The maximum Gasteiger partial charge on any atom is 0.0152 e. The minimum Gasteiger partial charge on any atom is -0.319 e. The molecule has 1 unspecified atom stereocenters. The van der Waals surface area contributed by atoms with E-state index in [1.54, 1.807) is 0 Å². The van der Waals surface area contributed by atoms with Crippen molar-refractivity contribution in [2.24, 2.45) is 5.41 Å². The van der Waals surface area contributed by atoms with Crippen LogP contribution in [0, 0.1) is 5.41 Å². The van der Waals surface area contributed by atoms with Crippen LogP contribution in [0.3, 0.4) is 0 Å². The number of rotatable bonds is 7. The molecule has 0 aliphatic heterocycles. The molecule has 1 atom stereocenters. The summed E-state index contributed by atoms with van der Waals surface area (Å²) in [7, 11) is 1.99. The Morgan fingerprint density at radius 1 is 1.26 bits per heavy atom. The van der Waals surface area contributed by atoms with Crippen molar-refractivity contribution in [1.82, 2.24) is 5.32 Å². The van der Waals surface area contributed by atoms with E-state index in [1.807, 2.05) is 19.2 Å². The van der Waals surface area contributed by atoms with Crippen LogP contribution in [0.5, 0.6) is 0 Å². The van der Waals surface area contributed by atoms with Gasteiger partial charge in [-0.2, -0.15) is 0 Å². The second-order valence-electron chi connectivity index (χ2n) is 5.47. The van der Waals surface area contributed by atoms with E-state index in [1.165, 1.54) is 11.1 Å². The van der Waals surface area contributed by atoms with Crippen LogP contribution in [0.2, 0.25) is 0 Å². The predicted molar refractivity (Wildman–Crippen MR) is 85.4 cm³/mol. The van der Waals surface area contributed by atoms with Gasteiger partial charge in [0.2, 0.25) is 0 Å². The standard InChI is InChI=1S/C18H25N/c1-6-11-15(7-2)17(18(3,4)14-19-5)16-12-9-8-10-13-16/h6-13,17,19H,1-2,14H2,3-5H3/b15-11+. The third-order valence-electron chi connectivity index (χ3n) is 3.43. The molecule has 1 heteroatoms. The van der Waals surface area contributed by atoms with Gasteiger partial charge in [-0.15, -0.1) is 0 Å². The van der Waals surface area contributed by atoms with E-state index in [4.69, 9.17) is 0 Å². The molecule has 0 bridgehead atoms. The minimum absolute atomic E-state index is 0.0964. The zero-order chi connectivity index (χ0) is 14.3. The Morgan fingerprint density at radius 2 is 1.89 bits per heavy atom. The third-order valence-corrected chi connectivity index (χ3v) is 3.43. The summed E-state index contributed by atoms with van der Waals surface area (Å²) in [5.41, 5.74) is 2.62. The Balaban J connectivity index is 3.29. The van der Waals surface area contributed by atoms with Crippen LogP contribution in [0.25, 0.3) is 0 Å². The summed E-state index contributed by atoms with van der Waals surface area (Å²) in [6, 6.07) is 10.6. The summed E-state index contributed by atoms with van der Waals surface area (Å²) in [5.74, 6) is 0.302. The summed E-state index contributed by atoms with van der Waals surface area (Å²) in [6.45, 7) is 13.3. The monoisotopic (exact) mass is 255 g/mol. The maximum absolute atomic E-state index is 3.96. The summed E-state index contributed by atoms with van der Waals surface area (Å²) in [6.07, 6.45) is 5.83. The number of allylic oxidation sites excluding steroid dienone is 4. The average molecular weight is 255 g/mol. The van der Waals surface area contributed by atoms with E-state index in [9.17, 15) is 0 Å². The molecule has 0 aliphatic rings. The van der Waals surface area contributed by atoms with Crippen LogP contribution in [-0.4, -0.2) is 13.6 Å². The molecule has 0 spiro atoms. The van der Waals surface area contributed by atoms with Crippen LogP contribution in [0.15, 0.2) is 67.3 Å². The second kappa shape index (κ2) is 7.10.